The Labute approximate surface area is 136 Å². The molecule has 3 rings (SSSR count). The first-order valence-electron chi connectivity index (χ1n) is 6.41. The average Bonchev–Trinajstić information content (AvgIpc) is 2.92. The largest absolute Gasteiger partial charge is 0.405 e. The number of hydrogen-bond donors (Lipinski definition) is 1. The van der Waals surface area contributed by atoms with Gasteiger partial charge in [-0.15, -0.1) is 0 Å². The highest BCUT2D eigenvalue weighted by Gasteiger charge is 2.29. The molecule has 5 nitrogen and oxygen atoms in total. The first-order chi connectivity index (χ1) is 11.3. The lowest BCUT2D eigenvalue weighted by Gasteiger charge is -2.16. The van der Waals surface area contributed by atoms with Crippen molar-refractivity contribution in [2.45, 2.75) is 6.18 Å². The zero-order chi connectivity index (χ0) is 17.5. The summed E-state index contributed by atoms with van der Waals surface area (Å²) >= 11 is 5.99. The highest BCUT2D eigenvalue weighted by atomic mass is 35.5. The molecule has 0 unspecified atom stereocenters. The fourth-order valence-corrected chi connectivity index (χ4v) is 2.36. The number of fused-ring (bicyclic) bond motifs is 1. The van der Waals surface area contributed by atoms with Crippen LogP contribution in [-0.2, 0) is 0 Å². The molecule has 2 heterocycles. The lowest BCUT2D eigenvalue weighted by Crippen LogP contribution is -2.23. The molecule has 0 aliphatic heterocycles. The molecule has 0 aliphatic carbocycles. The Balaban J connectivity index is 2.23. The van der Waals surface area contributed by atoms with Crippen molar-refractivity contribution < 1.29 is 22.0 Å². The molecule has 0 radical (unpaired) electrons. The van der Waals surface area contributed by atoms with E-state index in [1.165, 1.54) is 0 Å². The van der Waals surface area contributed by atoms with Gasteiger partial charge in [0.15, 0.2) is 0 Å². The number of alkyl halides is 3. The number of hydrogen-bond acceptors (Lipinski definition) is 4. The van der Waals surface area contributed by atoms with Crippen LogP contribution in [0.25, 0.3) is 16.9 Å². The number of halogens is 6. The second-order valence-electron chi connectivity index (χ2n) is 4.69. The van der Waals surface area contributed by atoms with Gasteiger partial charge in [0, 0.05) is 11.6 Å². The summed E-state index contributed by atoms with van der Waals surface area (Å²) in [5, 5.41) is 5.57. The Morgan fingerprint density at radius 2 is 1.96 bits per heavy atom. The van der Waals surface area contributed by atoms with E-state index in [-0.39, 0.29) is 27.9 Å². The minimum absolute atomic E-state index is 0.0732. The molecule has 3 aromatic rings. The predicted molar refractivity (Wildman–Crippen MR) is 75.7 cm³/mol. The average molecular weight is 364 g/mol. The van der Waals surface area contributed by atoms with Crippen LogP contribution < -0.4 is 5.32 Å². The molecule has 0 saturated heterocycles. The van der Waals surface area contributed by atoms with Crippen LogP contribution in [0.2, 0.25) is 5.15 Å². The molecular formula is C13H7ClF5N5. The summed E-state index contributed by atoms with van der Waals surface area (Å²) in [5.41, 5.74) is -0.410. The van der Waals surface area contributed by atoms with Crippen LogP contribution >= 0.6 is 11.6 Å². The molecule has 11 heteroatoms. The third-order valence-corrected chi connectivity index (χ3v) is 3.31. The highest BCUT2D eigenvalue weighted by molar-refractivity contribution is 6.33. The van der Waals surface area contributed by atoms with Crippen LogP contribution in [-0.4, -0.2) is 32.3 Å². The standard InChI is InChI=1S/C13H7ClF5N5/c14-10-9(7-2-1-6(15)3-8(7)16)11(20-4-13(17,18)19)24-12(23-10)21-5-22-24/h1-3,5,20H,4H2. The first-order valence-corrected chi connectivity index (χ1v) is 6.79. The van der Waals surface area contributed by atoms with E-state index >= 15 is 0 Å². The second kappa shape index (κ2) is 5.86. The SMILES string of the molecule is Fc1ccc(-c2c(Cl)nc3ncnn3c2NCC(F)(F)F)c(F)c1. The third kappa shape index (κ3) is 3.09. The van der Waals surface area contributed by atoms with Crippen LogP contribution in [0.4, 0.5) is 27.8 Å². The first kappa shape index (κ1) is 16.4. The van der Waals surface area contributed by atoms with E-state index < -0.39 is 24.4 Å². The van der Waals surface area contributed by atoms with Gasteiger partial charge in [-0.25, -0.2) is 8.78 Å². The van der Waals surface area contributed by atoms with E-state index in [0.29, 0.717) is 6.07 Å². The quantitative estimate of drug-likeness (QED) is 0.569. The summed E-state index contributed by atoms with van der Waals surface area (Å²) in [4.78, 5) is 7.59. The van der Waals surface area contributed by atoms with Gasteiger partial charge in [0.2, 0.25) is 0 Å². The number of anilines is 1. The zero-order valence-corrected chi connectivity index (χ0v) is 12.3. The number of rotatable bonds is 3. The minimum Gasteiger partial charge on any atom is -0.360 e. The number of benzene rings is 1. The smallest absolute Gasteiger partial charge is 0.360 e. The van der Waals surface area contributed by atoms with Crippen LogP contribution in [0.1, 0.15) is 0 Å². The maximum atomic E-state index is 14.1. The molecule has 0 amide bonds. The van der Waals surface area contributed by atoms with Crippen LogP contribution in [0.5, 0.6) is 0 Å². The van der Waals surface area contributed by atoms with Gasteiger partial charge in [0.1, 0.15) is 35.5 Å². The Hall–Kier alpha value is -2.49. The van der Waals surface area contributed by atoms with Crippen molar-refractivity contribution in [3.63, 3.8) is 0 Å². The van der Waals surface area contributed by atoms with Crippen LogP contribution in [0.15, 0.2) is 24.5 Å². The Bertz CT molecular complexity index is 908. The molecule has 2 aromatic heterocycles. The van der Waals surface area contributed by atoms with Gasteiger partial charge in [0.25, 0.3) is 5.78 Å². The molecular weight excluding hydrogens is 357 g/mol. The number of aromatic nitrogens is 4. The fourth-order valence-electron chi connectivity index (χ4n) is 2.09. The van der Waals surface area contributed by atoms with E-state index in [9.17, 15) is 22.0 Å². The van der Waals surface area contributed by atoms with Gasteiger partial charge < -0.3 is 5.32 Å². The van der Waals surface area contributed by atoms with E-state index in [1.807, 2.05) is 0 Å². The van der Waals surface area contributed by atoms with E-state index in [1.54, 1.807) is 0 Å². The zero-order valence-electron chi connectivity index (χ0n) is 11.6. The van der Waals surface area contributed by atoms with Gasteiger partial charge in [-0.2, -0.15) is 32.8 Å². The summed E-state index contributed by atoms with van der Waals surface area (Å²) < 4.78 is 65.8. The Kier molecular flexibility index (Phi) is 3.99. The molecule has 1 aromatic carbocycles. The van der Waals surface area contributed by atoms with Crippen molar-refractivity contribution in [3.05, 3.63) is 41.3 Å². The Morgan fingerprint density at radius 1 is 1.21 bits per heavy atom. The molecule has 0 bridgehead atoms. The molecule has 0 atom stereocenters. The molecule has 126 valence electrons. The number of nitrogens with zero attached hydrogens (tertiary/aromatic N) is 4. The summed E-state index contributed by atoms with van der Waals surface area (Å²) in [7, 11) is 0. The van der Waals surface area contributed by atoms with Crippen molar-refractivity contribution in [1.29, 1.82) is 0 Å². The maximum absolute atomic E-state index is 14.1. The van der Waals surface area contributed by atoms with Crippen molar-refractivity contribution in [2.75, 3.05) is 11.9 Å². The van der Waals surface area contributed by atoms with Gasteiger partial charge in [-0.05, 0) is 12.1 Å². The summed E-state index contributed by atoms with van der Waals surface area (Å²) in [6.07, 6.45) is -3.48. The summed E-state index contributed by atoms with van der Waals surface area (Å²) in [6, 6.07) is 2.59. The Morgan fingerprint density at radius 3 is 2.62 bits per heavy atom. The normalized spacial score (nSPS) is 11.9. The summed E-state index contributed by atoms with van der Waals surface area (Å²) in [6.45, 7) is -1.42. The molecule has 0 aliphatic rings. The van der Waals surface area contributed by atoms with Gasteiger partial charge >= 0.3 is 6.18 Å². The summed E-state index contributed by atoms with van der Waals surface area (Å²) in [5.74, 6) is -2.18. The highest BCUT2D eigenvalue weighted by Crippen LogP contribution is 2.36. The second-order valence-corrected chi connectivity index (χ2v) is 5.05. The lowest BCUT2D eigenvalue weighted by molar-refractivity contribution is -0.115. The van der Waals surface area contributed by atoms with Crippen LogP contribution in [0, 0.1) is 11.6 Å². The van der Waals surface area contributed by atoms with Gasteiger partial charge in [-0.3, -0.25) is 0 Å². The fraction of sp³-hybridized carbons (Fsp3) is 0.154. The van der Waals surface area contributed by atoms with Crippen LogP contribution in [0.3, 0.4) is 0 Å². The third-order valence-electron chi connectivity index (χ3n) is 3.04. The molecule has 24 heavy (non-hydrogen) atoms. The lowest BCUT2D eigenvalue weighted by atomic mass is 10.1. The van der Waals surface area contributed by atoms with Gasteiger partial charge in [-0.1, -0.05) is 11.6 Å². The molecule has 0 saturated carbocycles. The minimum atomic E-state index is -4.54. The molecule has 0 spiro atoms. The number of nitrogens with one attached hydrogen (secondary N) is 1. The van der Waals surface area contributed by atoms with E-state index in [2.05, 4.69) is 20.4 Å². The van der Waals surface area contributed by atoms with Crippen molar-refractivity contribution in [1.82, 2.24) is 19.6 Å². The van der Waals surface area contributed by atoms with E-state index in [0.717, 1.165) is 23.0 Å². The molecule has 0 fully saturated rings. The molecule has 1 N–H and O–H groups in total. The van der Waals surface area contributed by atoms with E-state index in [4.69, 9.17) is 11.6 Å². The predicted octanol–water partition coefficient (Wildman–Crippen LogP) is 3.70. The van der Waals surface area contributed by atoms with Gasteiger partial charge in [0.05, 0.1) is 5.56 Å². The monoisotopic (exact) mass is 363 g/mol. The van der Waals surface area contributed by atoms with Crippen molar-refractivity contribution in [3.8, 4) is 11.1 Å². The maximum Gasteiger partial charge on any atom is 0.405 e. The topological polar surface area (TPSA) is 55.1 Å². The van der Waals surface area contributed by atoms with Crippen molar-refractivity contribution in [2.24, 2.45) is 0 Å². The van der Waals surface area contributed by atoms with Crippen molar-refractivity contribution >= 4 is 23.2 Å².